The van der Waals surface area contributed by atoms with Crippen molar-refractivity contribution in [1.82, 2.24) is 0 Å². The minimum Gasteiger partial charge on any atom is -0.381 e. The zero-order valence-corrected chi connectivity index (χ0v) is 15.5. The predicted molar refractivity (Wildman–Crippen MR) is 103 cm³/mol. The molecular weight excluding hydrogens is 301 g/mol. The molecule has 0 fully saturated rings. The van der Waals surface area contributed by atoms with Gasteiger partial charge < -0.3 is 4.74 Å². The lowest BCUT2D eigenvalue weighted by Crippen LogP contribution is -2.08. The van der Waals surface area contributed by atoms with Crippen LogP contribution in [0.3, 0.4) is 0 Å². The molecule has 0 aliphatic carbocycles. The Labute approximate surface area is 146 Å². The number of aliphatic imine (C=N–C) groups is 1. The van der Waals surface area contributed by atoms with Crippen LogP contribution in [0.5, 0.6) is 0 Å². The zero-order valence-electron chi connectivity index (χ0n) is 15.5. The molecule has 0 aromatic heterocycles. The third-order valence-corrected chi connectivity index (χ3v) is 4.02. The Bertz CT molecular complexity index is 604. The van der Waals surface area contributed by atoms with Gasteiger partial charge in [0.15, 0.2) is 0 Å². The number of hydrogen-bond donors (Lipinski definition) is 0. The molecule has 132 valence electrons. The normalized spacial score (nSPS) is 13.0. The van der Waals surface area contributed by atoms with E-state index in [0.717, 1.165) is 41.9 Å². The van der Waals surface area contributed by atoms with E-state index in [-0.39, 0.29) is 11.7 Å². The molecule has 1 aromatic carbocycles. The van der Waals surface area contributed by atoms with Crippen LogP contribution in [0, 0.1) is 5.82 Å². The van der Waals surface area contributed by atoms with E-state index in [1.807, 2.05) is 26.8 Å². The SMILES string of the molecule is C=CC/N=C(/C)c1cc(C(C)CCOCCC)c(F)cc1C(=C)C. The van der Waals surface area contributed by atoms with Crippen molar-refractivity contribution in [3.05, 3.63) is 53.9 Å². The van der Waals surface area contributed by atoms with Gasteiger partial charge in [0.25, 0.3) is 0 Å². The van der Waals surface area contributed by atoms with E-state index in [2.05, 4.69) is 25.1 Å². The first-order valence-electron chi connectivity index (χ1n) is 8.61. The highest BCUT2D eigenvalue weighted by molar-refractivity contribution is 6.03. The highest BCUT2D eigenvalue weighted by Gasteiger charge is 2.17. The van der Waals surface area contributed by atoms with E-state index in [1.54, 1.807) is 12.1 Å². The molecule has 0 bridgehead atoms. The molecule has 0 N–H and O–H groups in total. The Balaban J connectivity index is 3.13. The Morgan fingerprint density at radius 3 is 2.58 bits per heavy atom. The van der Waals surface area contributed by atoms with Gasteiger partial charge in [-0.15, -0.1) is 6.58 Å². The molecule has 0 radical (unpaired) electrons. The molecule has 1 rings (SSSR count). The van der Waals surface area contributed by atoms with Gasteiger partial charge in [0.05, 0.1) is 6.54 Å². The van der Waals surface area contributed by atoms with Crippen molar-refractivity contribution in [3.63, 3.8) is 0 Å². The van der Waals surface area contributed by atoms with Crippen LogP contribution in [0.4, 0.5) is 4.39 Å². The molecule has 0 aliphatic heterocycles. The molecule has 3 heteroatoms. The highest BCUT2D eigenvalue weighted by atomic mass is 19.1. The topological polar surface area (TPSA) is 21.6 Å². The third kappa shape index (κ3) is 5.72. The number of hydrogen-bond acceptors (Lipinski definition) is 2. The second kappa shape index (κ2) is 10.2. The molecule has 1 unspecified atom stereocenters. The number of ether oxygens (including phenoxy) is 1. The Kier molecular flexibility index (Phi) is 8.62. The number of halogens is 1. The monoisotopic (exact) mass is 331 g/mol. The van der Waals surface area contributed by atoms with Gasteiger partial charge in [-0.3, -0.25) is 4.99 Å². The Hall–Kier alpha value is -1.74. The standard InChI is InChI=1S/C21H30FNO/c1-7-10-23-17(6)20-13-19(16(5)9-12-24-11-8-2)21(22)14-18(20)15(3)4/h7,13-14,16H,1,3,8-12H2,2,4-6H3/b23-17-. The molecule has 0 aliphatic rings. The molecule has 0 saturated heterocycles. The Morgan fingerprint density at radius 1 is 1.29 bits per heavy atom. The molecule has 1 aromatic rings. The van der Waals surface area contributed by atoms with Gasteiger partial charge in [-0.05, 0) is 55.9 Å². The van der Waals surface area contributed by atoms with Crippen LogP contribution < -0.4 is 0 Å². The smallest absolute Gasteiger partial charge is 0.127 e. The lowest BCUT2D eigenvalue weighted by atomic mass is 9.90. The maximum Gasteiger partial charge on any atom is 0.127 e. The number of benzene rings is 1. The lowest BCUT2D eigenvalue weighted by molar-refractivity contribution is 0.128. The van der Waals surface area contributed by atoms with Gasteiger partial charge in [0.1, 0.15) is 5.82 Å². The largest absolute Gasteiger partial charge is 0.381 e. The minimum atomic E-state index is -0.184. The summed E-state index contributed by atoms with van der Waals surface area (Å²) in [6.07, 6.45) is 3.55. The molecular formula is C21H30FNO. The van der Waals surface area contributed by atoms with Crippen LogP contribution >= 0.6 is 0 Å². The zero-order chi connectivity index (χ0) is 18.1. The highest BCUT2D eigenvalue weighted by Crippen LogP contribution is 2.29. The van der Waals surface area contributed by atoms with Crippen molar-refractivity contribution >= 4 is 11.3 Å². The average molecular weight is 331 g/mol. The van der Waals surface area contributed by atoms with Crippen LogP contribution in [0.15, 0.2) is 36.4 Å². The van der Waals surface area contributed by atoms with Crippen LogP contribution in [-0.2, 0) is 4.74 Å². The van der Waals surface area contributed by atoms with Crippen molar-refractivity contribution < 1.29 is 9.13 Å². The second-order valence-electron chi connectivity index (χ2n) is 6.22. The van der Waals surface area contributed by atoms with E-state index < -0.39 is 0 Å². The fraction of sp³-hybridized carbons (Fsp3) is 0.476. The predicted octanol–water partition coefficient (Wildman–Crippen LogP) is 5.77. The molecule has 0 saturated carbocycles. The van der Waals surface area contributed by atoms with Crippen LogP contribution in [0.25, 0.3) is 5.57 Å². The van der Waals surface area contributed by atoms with Gasteiger partial charge >= 0.3 is 0 Å². The van der Waals surface area contributed by atoms with Crippen LogP contribution in [-0.4, -0.2) is 25.5 Å². The summed E-state index contributed by atoms with van der Waals surface area (Å²) in [7, 11) is 0. The minimum absolute atomic E-state index is 0.0898. The maximum absolute atomic E-state index is 14.6. The number of allylic oxidation sites excluding steroid dienone is 1. The van der Waals surface area contributed by atoms with E-state index in [9.17, 15) is 4.39 Å². The summed E-state index contributed by atoms with van der Waals surface area (Å²) in [6.45, 7) is 17.6. The summed E-state index contributed by atoms with van der Waals surface area (Å²) in [5.41, 5.74) is 4.19. The summed E-state index contributed by atoms with van der Waals surface area (Å²) in [5, 5.41) is 0. The second-order valence-corrected chi connectivity index (χ2v) is 6.22. The maximum atomic E-state index is 14.6. The van der Waals surface area contributed by atoms with E-state index in [1.165, 1.54) is 0 Å². The first-order chi connectivity index (χ1) is 11.4. The van der Waals surface area contributed by atoms with Gasteiger partial charge in [-0.2, -0.15) is 0 Å². The first kappa shape index (κ1) is 20.3. The first-order valence-corrected chi connectivity index (χ1v) is 8.61. The lowest BCUT2D eigenvalue weighted by Gasteiger charge is -2.18. The summed E-state index contributed by atoms with van der Waals surface area (Å²) in [6, 6.07) is 3.51. The summed E-state index contributed by atoms with van der Waals surface area (Å²) < 4.78 is 20.1. The summed E-state index contributed by atoms with van der Waals surface area (Å²) in [5.74, 6) is -0.0942. The number of nitrogens with zero attached hydrogens (tertiary/aromatic N) is 1. The van der Waals surface area contributed by atoms with Gasteiger partial charge in [0, 0.05) is 24.5 Å². The fourth-order valence-corrected chi connectivity index (χ4v) is 2.57. The van der Waals surface area contributed by atoms with Crippen molar-refractivity contribution in [3.8, 4) is 0 Å². The molecule has 24 heavy (non-hydrogen) atoms. The van der Waals surface area contributed by atoms with Gasteiger partial charge in [-0.25, -0.2) is 4.39 Å². The van der Waals surface area contributed by atoms with Crippen molar-refractivity contribution in [2.75, 3.05) is 19.8 Å². The summed E-state index contributed by atoms with van der Waals surface area (Å²) >= 11 is 0. The van der Waals surface area contributed by atoms with Crippen molar-refractivity contribution in [1.29, 1.82) is 0 Å². The van der Waals surface area contributed by atoms with Crippen molar-refractivity contribution in [2.45, 2.75) is 46.5 Å². The van der Waals surface area contributed by atoms with E-state index >= 15 is 0 Å². The summed E-state index contributed by atoms with van der Waals surface area (Å²) in [4.78, 5) is 4.48. The molecule has 2 nitrogen and oxygen atoms in total. The van der Waals surface area contributed by atoms with Crippen LogP contribution in [0.1, 0.15) is 63.1 Å². The molecule has 0 heterocycles. The van der Waals surface area contributed by atoms with Crippen molar-refractivity contribution in [2.24, 2.45) is 4.99 Å². The molecule has 0 spiro atoms. The van der Waals surface area contributed by atoms with E-state index in [4.69, 9.17) is 4.74 Å². The van der Waals surface area contributed by atoms with E-state index in [0.29, 0.717) is 18.7 Å². The van der Waals surface area contributed by atoms with Gasteiger partial charge in [0.2, 0.25) is 0 Å². The average Bonchev–Trinajstić information content (AvgIpc) is 2.55. The fourth-order valence-electron chi connectivity index (χ4n) is 2.57. The Morgan fingerprint density at radius 2 is 2.00 bits per heavy atom. The quantitative estimate of drug-likeness (QED) is 0.303. The van der Waals surface area contributed by atoms with Gasteiger partial charge in [-0.1, -0.05) is 32.1 Å². The third-order valence-electron chi connectivity index (χ3n) is 4.02. The molecule has 0 amide bonds. The number of rotatable bonds is 10. The molecule has 1 atom stereocenters. The van der Waals surface area contributed by atoms with Crippen LogP contribution in [0.2, 0.25) is 0 Å².